The Bertz CT molecular complexity index is 433. The standard InChI is InChI=1S/C11H21N3O4S/c1-2-18-10(15)14-19(16,17)13-9-4-7-12-11(8-9)5-3-6-11/h9,12-13H,2-8H2,1H3,(H,14,15). The summed E-state index contributed by atoms with van der Waals surface area (Å²) in [6.45, 7) is 2.55. The molecule has 3 N–H and O–H groups in total. The largest absolute Gasteiger partial charge is 0.449 e. The van der Waals surface area contributed by atoms with E-state index >= 15 is 0 Å². The summed E-state index contributed by atoms with van der Waals surface area (Å²) in [7, 11) is -3.84. The summed E-state index contributed by atoms with van der Waals surface area (Å²) in [4.78, 5) is 11.1. The Morgan fingerprint density at radius 1 is 1.47 bits per heavy atom. The number of rotatable bonds is 4. The summed E-state index contributed by atoms with van der Waals surface area (Å²) < 4.78 is 32.5. The monoisotopic (exact) mass is 291 g/mol. The van der Waals surface area contributed by atoms with Gasteiger partial charge in [0.25, 0.3) is 0 Å². The van der Waals surface area contributed by atoms with Gasteiger partial charge in [0.2, 0.25) is 0 Å². The topological polar surface area (TPSA) is 96.5 Å². The van der Waals surface area contributed by atoms with Crippen LogP contribution in [-0.2, 0) is 14.9 Å². The quantitative estimate of drug-likeness (QED) is 0.689. The van der Waals surface area contributed by atoms with E-state index in [0.29, 0.717) is 0 Å². The lowest BCUT2D eigenvalue weighted by Gasteiger charge is -2.48. The number of hydrogen-bond donors (Lipinski definition) is 3. The number of carbonyl (C=O) groups excluding carboxylic acids is 1. The third-order valence-electron chi connectivity index (χ3n) is 3.76. The van der Waals surface area contributed by atoms with Gasteiger partial charge >= 0.3 is 16.3 Å². The molecule has 0 radical (unpaired) electrons. The molecule has 2 aliphatic rings. The molecule has 110 valence electrons. The zero-order chi connectivity index (χ0) is 13.9. The number of nitrogens with one attached hydrogen (secondary N) is 3. The Morgan fingerprint density at radius 2 is 2.21 bits per heavy atom. The molecular weight excluding hydrogens is 270 g/mol. The van der Waals surface area contributed by atoms with Gasteiger partial charge < -0.3 is 10.1 Å². The molecule has 2 rings (SSSR count). The molecule has 1 heterocycles. The van der Waals surface area contributed by atoms with Crippen molar-refractivity contribution >= 4 is 16.3 Å². The van der Waals surface area contributed by atoms with E-state index in [9.17, 15) is 13.2 Å². The van der Waals surface area contributed by atoms with E-state index in [1.807, 2.05) is 4.72 Å². The molecule has 1 saturated carbocycles. The van der Waals surface area contributed by atoms with E-state index in [1.54, 1.807) is 6.92 Å². The van der Waals surface area contributed by atoms with Crippen LogP contribution in [0.5, 0.6) is 0 Å². The van der Waals surface area contributed by atoms with E-state index in [-0.39, 0.29) is 18.2 Å². The predicted molar refractivity (Wildman–Crippen MR) is 69.8 cm³/mol. The molecule has 8 heteroatoms. The summed E-state index contributed by atoms with van der Waals surface area (Å²) >= 11 is 0. The van der Waals surface area contributed by atoms with Gasteiger partial charge in [0.1, 0.15) is 0 Å². The normalized spacial score (nSPS) is 25.6. The van der Waals surface area contributed by atoms with Gasteiger partial charge in [0.15, 0.2) is 0 Å². The first kappa shape index (κ1) is 14.5. The predicted octanol–water partition coefficient (Wildman–Crippen LogP) is 0.242. The van der Waals surface area contributed by atoms with Crippen molar-refractivity contribution in [2.45, 2.75) is 50.6 Å². The van der Waals surface area contributed by atoms with Crippen LogP contribution in [0.15, 0.2) is 0 Å². The lowest BCUT2D eigenvalue weighted by atomic mass is 9.70. The first-order valence-electron chi connectivity index (χ1n) is 6.66. The van der Waals surface area contributed by atoms with Crippen molar-refractivity contribution in [1.29, 1.82) is 0 Å². The first-order valence-corrected chi connectivity index (χ1v) is 8.15. The van der Waals surface area contributed by atoms with Gasteiger partial charge in [0, 0.05) is 11.6 Å². The number of hydrogen-bond acceptors (Lipinski definition) is 5. The smallest absolute Gasteiger partial charge is 0.421 e. The molecule has 1 saturated heterocycles. The van der Waals surface area contributed by atoms with Gasteiger partial charge in [-0.1, -0.05) is 0 Å². The maximum atomic E-state index is 11.8. The van der Waals surface area contributed by atoms with E-state index in [2.05, 4.69) is 14.8 Å². The summed E-state index contributed by atoms with van der Waals surface area (Å²) in [5.41, 5.74) is 0.107. The molecule has 1 spiro atoms. The summed E-state index contributed by atoms with van der Waals surface area (Å²) in [5.74, 6) is 0. The van der Waals surface area contributed by atoms with E-state index in [4.69, 9.17) is 0 Å². The summed E-state index contributed by atoms with van der Waals surface area (Å²) in [6.07, 6.45) is 3.94. The maximum absolute atomic E-state index is 11.8. The molecule has 0 aromatic rings. The van der Waals surface area contributed by atoms with Crippen LogP contribution in [0.1, 0.15) is 39.0 Å². The van der Waals surface area contributed by atoms with E-state index in [0.717, 1.165) is 32.2 Å². The molecule has 1 aliphatic carbocycles. The lowest BCUT2D eigenvalue weighted by molar-refractivity contribution is 0.126. The number of ether oxygens (including phenoxy) is 1. The minimum atomic E-state index is -3.84. The average molecular weight is 291 g/mol. The molecule has 1 unspecified atom stereocenters. The van der Waals surface area contributed by atoms with Crippen molar-refractivity contribution in [3.63, 3.8) is 0 Å². The maximum Gasteiger partial charge on any atom is 0.421 e. The van der Waals surface area contributed by atoms with Crippen LogP contribution >= 0.6 is 0 Å². The van der Waals surface area contributed by atoms with Crippen LogP contribution in [0.25, 0.3) is 0 Å². The zero-order valence-electron chi connectivity index (χ0n) is 11.1. The van der Waals surface area contributed by atoms with Crippen molar-refractivity contribution in [3.05, 3.63) is 0 Å². The Kier molecular flexibility index (Phi) is 4.32. The minimum absolute atomic E-state index is 0.107. The van der Waals surface area contributed by atoms with Crippen molar-refractivity contribution in [1.82, 2.24) is 14.8 Å². The fourth-order valence-corrected chi connectivity index (χ4v) is 3.74. The molecule has 2 fully saturated rings. The lowest BCUT2D eigenvalue weighted by Crippen LogP contribution is -2.60. The van der Waals surface area contributed by atoms with Gasteiger partial charge in [-0.2, -0.15) is 13.1 Å². The minimum Gasteiger partial charge on any atom is -0.449 e. The van der Waals surface area contributed by atoms with Crippen LogP contribution < -0.4 is 14.8 Å². The molecule has 0 aromatic carbocycles. The third-order valence-corrected chi connectivity index (χ3v) is 4.83. The van der Waals surface area contributed by atoms with Crippen LogP contribution in [0.3, 0.4) is 0 Å². The fourth-order valence-electron chi connectivity index (χ4n) is 2.76. The van der Waals surface area contributed by atoms with Crippen molar-refractivity contribution in [3.8, 4) is 0 Å². The molecule has 0 aromatic heterocycles. The highest BCUT2D eigenvalue weighted by Crippen LogP contribution is 2.38. The Labute approximate surface area is 113 Å². The second kappa shape index (κ2) is 5.64. The van der Waals surface area contributed by atoms with Crippen LogP contribution in [0, 0.1) is 0 Å². The SMILES string of the molecule is CCOC(=O)NS(=O)(=O)NC1CCNC2(CCC2)C1. The number of piperidine rings is 1. The number of carbonyl (C=O) groups is 1. The molecule has 1 aliphatic heterocycles. The van der Waals surface area contributed by atoms with Crippen LogP contribution in [0.4, 0.5) is 4.79 Å². The highest BCUT2D eigenvalue weighted by molar-refractivity contribution is 7.88. The van der Waals surface area contributed by atoms with Crippen LogP contribution in [0.2, 0.25) is 0 Å². The van der Waals surface area contributed by atoms with Gasteiger partial charge in [-0.25, -0.2) is 9.52 Å². The zero-order valence-corrected chi connectivity index (χ0v) is 11.9. The molecule has 19 heavy (non-hydrogen) atoms. The van der Waals surface area contributed by atoms with Crippen LogP contribution in [-0.4, -0.2) is 39.2 Å². The summed E-state index contributed by atoms with van der Waals surface area (Å²) in [6, 6.07) is -0.131. The van der Waals surface area contributed by atoms with E-state index in [1.165, 1.54) is 6.42 Å². The van der Waals surface area contributed by atoms with Gasteiger partial charge in [-0.3, -0.25) is 0 Å². The second-order valence-electron chi connectivity index (χ2n) is 5.19. The third kappa shape index (κ3) is 3.80. The summed E-state index contributed by atoms with van der Waals surface area (Å²) in [5, 5.41) is 3.46. The number of amides is 1. The molecule has 1 amide bonds. The first-order chi connectivity index (χ1) is 8.95. The molecule has 1 atom stereocenters. The Balaban J connectivity index is 1.87. The van der Waals surface area contributed by atoms with Crippen molar-refractivity contribution in [2.24, 2.45) is 0 Å². The van der Waals surface area contributed by atoms with Gasteiger partial charge in [-0.05, 0) is 45.6 Å². The van der Waals surface area contributed by atoms with E-state index < -0.39 is 16.3 Å². The molecule has 0 bridgehead atoms. The highest BCUT2D eigenvalue weighted by Gasteiger charge is 2.41. The van der Waals surface area contributed by atoms with Crippen molar-refractivity contribution < 1.29 is 17.9 Å². The van der Waals surface area contributed by atoms with Gasteiger partial charge in [0.05, 0.1) is 6.61 Å². The second-order valence-corrected chi connectivity index (χ2v) is 6.64. The highest BCUT2D eigenvalue weighted by atomic mass is 32.2. The molecule has 7 nitrogen and oxygen atoms in total. The average Bonchev–Trinajstić information content (AvgIpc) is 2.26. The Hall–Kier alpha value is -0.860. The molecular formula is C11H21N3O4S. The van der Waals surface area contributed by atoms with Gasteiger partial charge in [-0.15, -0.1) is 0 Å². The Morgan fingerprint density at radius 3 is 2.79 bits per heavy atom. The fraction of sp³-hybridized carbons (Fsp3) is 0.909. The van der Waals surface area contributed by atoms with Crippen molar-refractivity contribution in [2.75, 3.05) is 13.2 Å².